The molecule has 1 spiro atoms. The lowest BCUT2D eigenvalue weighted by atomic mass is 9.97. The van der Waals surface area contributed by atoms with Crippen LogP contribution in [0.25, 0.3) is 0 Å². The van der Waals surface area contributed by atoms with E-state index in [0.29, 0.717) is 44.2 Å². The third kappa shape index (κ3) is 5.23. The molecule has 7 nitrogen and oxygen atoms in total. The van der Waals surface area contributed by atoms with Crippen molar-refractivity contribution in [3.63, 3.8) is 0 Å². The summed E-state index contributed by atoms with van der Waals surface area (Å²) in [5, 5.41) is 2.70. The van der Waals surface area contributed by atoms with Crippen molar-refractivity contribution in [3.8, 4) is 5.88 Å². The van der Waals surface area contributed by atoms with Crippen LogP contribution in [0.5, 0.6) is 5.88 Å². The highest BCUT2D eigenvalue weighted by Crippen LogP contribution is 2.32. The zero-order chi connectivity index (χ0) is 22.7. The van der Waals surface area contributed by atoms with Gasteiger partial charge in [-0.25, -0.2) is 13.8 Å². The minimum atomic E-state index is -0.678. The number of halogens is 2. The fraction of sp³-hybridized carbons (Fsp3) is 0.478. The summed E-state index contributed by atoms with van der Waals surface area (Å²) in [5.41, 5.74) is 1.86. The largest absolute Gasteiger partial charge is 0.481 e. The van der Waals surface area contributed by atoms with Crippen LogP contribution in [-0.4, -0.2) is 60.9 Å². The van der Waals surface area contributed by atoms with Crippen molar-refractivity contribution < 1.29 is 27.8 Å². The summed E-state index contributed by atoms with van der Waals surface area (Å²) in [6.07, 6.45) is 1.57. The van der Waals surface area contributed by atoms with Gasteiger partial charge >= 0.3 is 0 Å². The maximum absolute atomic E-state index is 13.3. The standard InChI is InChI=1S/C23H27F2N3O4/c1-15-5-17(11-27-22(15)30-2)12-28-3-4-32-23(13-28)9-20(31-14-23)21(29)26-10-16-6-18(24)8-19(25)7-16/h5-8,11,20H,3-4,9-10,12-14H2,1-2H3,(H,26,29)/t20-,23+/m1/s1. The number of nitrogens with zero attached hydrogens (tertiary/aromatic N) is 2. The van der Waals surface area contributed by atoms with Crippen molar-refractivity contribution in [3.05, 3.63) is 58.8 Å². The van der Waals surface area contributed by atoms with Gasteiger partial charge < -0.3 is 19.5 Å². The summed E-state index contributed by atoms with van der Waals surface area (Å²) in [6, 6.07) is 5.24. The molecule has 0 unspecified atom stereocenters. The summed E-state index contributed by atoms with van der Waals surface area (Å²) in [4.78, 5) is 19.2. The predicted octanol–water partition coefficient (Wildman–Crippen LogP) is 2.35. The van der Waals surface area contributed by atoms with Crippen LogP contribution >= 0.6 is 0 Å². The Morgan fingerprint density at radius 1 is 1.28 bits per heavy atom. The van der Waals surface area contributed by atoms with E-state index < -0.39 is 23.3 Å². The second kappa shape index (κ2) is 9.48. The van der Waals surface area contributed by atoms with Crippen LogP contribution < -0.4 is 10.1 Å². The van der Waals surface area contributed by atoms with E-state index in [4.69, 9.17) is 14.2 Å². The van der Waals surface area contributed by atoms with Crippen molar-refractivity contribution >= 4 is 5.91 Å². The molecule has 0 aliphatic carbocycles. The van der Waals surface area contributed by atoms with Gasteiger partial charge in [-0.1, -0.05) is 0 Å². The van der Waals surface area contributed by atoms with E-state index in [1.807, 2.05) is 13.1 Å². The number of nitrogens with one attached hydrogen (secondary N) is 1. The van der Waals surface area contributed by atoms with Gasteiger partial charge in [0.15, 0.2) is 0 Å². The lowest BCUT2D eigenvalue weighted by molar-refractivity contribution is -0.130. The van der Waals surface area contributed by atoms with Crippen LogP contribution in [0.2, 0.25) is 0 Å². The monoisotopic (exact) mass is 447 g/mol. The number of hydrogen-bond acceptors (Lipinski definition) is 6. The van der Waals surface area contributed by atoms with Gasteiger partial charge in [0.2, 0.25) is 11.8 Å². The number of rotatable bonds is 6. The molecule has 1 aromatic carbocycles. The van der Waals surface area contributed by atoms with Crippen LogP contribution in [0.3, 0.4) is 0 Å². The molecule has 2 aliphatic heterocycles. The van der Waals surface area contributed by atoms with Crippen molar-refractivity contribution in [1.29, 1.82) is 0 Å². The van der Waals surface area contributed by atoms with E-state index in [9.17, 15) is 13.6 Å². The molecular weight excluding hydrogens is 420 g/mol. The number of benzene rings is 1. The van der Waals surface area contributed by atoms with E-state index in [0.717, 1.165) is 23.7 Å². The first-order valence-electron chi connectivity index (χ1n) is 10.6. The molecule has 0 radical (unpaired) electrons. The Kier molecular flexibility index (Phi) is 6.68. The van der Waals surface area contributed by atoms with Gasteiger partial charge in [0.05, 0.1) is 20.3 Å². The van der Waals surface area contributed by atoms with Gasteiger partial charge in [-0.2, -0.15) is 0 Å². The number of ether oxygens (including phenoxy) is 3. The van der Waals surface area contributed by atoms with Crippen molar-refractivity contribution in [2.75, 3.05) is 33.4 Å². The molecule has 2 fully saturated rings. The minimum Gasteiger partial charge on any atom is -0.481 e. The molecule has 4 rings (SSSR count). The first-order valence-corrected chi connectivity index (χ1v) is 10.6. The Labute approximate surface area is 185 Å². The highest BCUT2D eigenvalue weighted by atomic mass is 19.1. The molecule has 2 aliphatic rings. The van der Waals surface area contributed by atoms with E-state index in [1.165, 1.54) is 12.1 Å². The molecule has 172 valence electrons. The van der Waals surface area contributed by atoms with Crippen LogP contribution in [0, 0.1) is 18.6 Å². The molecule has 0 bridgehead atoms. The summed E-state index contributed by atoms with van der Waals surface area (Å²) >= 11 is 0. The van der Waals surface area contributed by atoms with Gasteiger partial charge in [0, 0.05) is 50.4 Å². The Hall–Kier alpha value is -2.62. The fourth-order valence-corrected chi connectivity index (χ4v) is 4.34. The number of pyridine rings is 1. The number of hydrogen-bond donors (Lipinski definition) is 1. The van der Waals surface area contributed by atoms with Crippen molar-refractivity contribution in [2.24, 2.45) is 0 Å². The zero-order valence-corrected chi connectivity index (χ0v) is 18.2. The maximum Gasteiger partial charge on any atom is 0.249 e. The fourth-order valence-electron chi connectivity index (χ4n) is 4.34. The number of aryl methyl sites for hydroxylation is 1. The third-order valence-electron chi connectivity index (χ3n) is 5.80. The van der Waals surface area contributed by atoms with Gasteiger partial charge in [-0.15, -0.1) is 0 Å². The first kappa shape index (κ1) is 22.6. The van der Waals surface area contributed by atoms with E-state index in [-0.39, 0.29) is 12.5 Å². The van der Waals surface area contributed by atoms with Crippen LogP contribution in [-0.2, 0) is 27.4 Å². The Morgan fingerprint density at radius 3 is 2.78 bits per heavy atom. The highest BCUT2D eigenvalue weighted by Gasteiger charge is 2.46. The predicted molar refractivity (Wildman–Crippen MR) is 112 cm³/mol. The smallest absolute Gasteiger partial charge is 0.249 e. The average Bonchev–Trinajstić information content (AvgIpc) is 3.14. The normalized spacial score (nSPS) is 23.4. The zero-order valence-electron chi connectivity index (χ0n) is 18.2. The third-order valence-corrected chi connectivity index (χ3v) is 5.80. The molecule has 0 saturated carbocycles. The Bertz CT molecular complexity index is 969. The first-order chi connectivity index (χ1) is 15.4. The number of methoxy groups -OCH3 is 1. The number of morpholine rings is 1. The van der Waals surface area contributed by atoms with Gasteiger partial charge in [-0.3, -0.25) is 9.69 Å². The van der Waals surface area contributed by atoms with Gasteiger partial charge in [0.1, 0.15) is 23.3 Å². The molecule has 1 aromatic heterocycles. The highest BCUT2D eigenvalue weighted by molar-refractivity contribution is 5.81. The van der Waals surface area contributed by atoms with E-state index in [2.05, 4.69) is 21.3 Å². The van der Waals surface area contributed by atoms with Crippen LogP contribution in [0.15, 0.2) is 30.5 Å². The molecule has 2 atom stereocenters. The second-order valence-corrected chi connectivity index (χ2v) is 8.41. The average molecular weight is 447 g/mol. The number of carbonyl (C=O) groups excluding carboxylic acids is 1. The second-order valence-electron chi connectivity index (χ2n) is 8.41. The Morgan fingerprint density at radius 2 is 2.06 bits per heavy atom. The van der Waals surface area contributed by atoms with Gasteiger partial charge in [0.25, 0.3) is 0 Å². The molecule has 1 amide bonds. The lowest BCUT2D eigenvalue weighted by Crippen LogP contribution is -2.52. The van der Waals surface area contributed by atoms with E-state index >= 15 is 0 Å². The van der Waals surface area contributed by atoms with Crippen LogP contribution in [0.1, 0.15) is 23.1 Å². The van der Waals surface area contributed by atoms with Gasteiger partial charge in [-0.05, 0) is 36.2 Å². The molecular formula is C23H27F2N3O4. The topological polar surface area (TPSA) is 72.9 Å². The summed E-state index contributed by atoms with van der Waals surface area (Å²) in [5.74, 6) is -1.06. The Balaban J connectivity index is 1.32. The molecule has 3 heterocycles. The molecule has 2 aromatic rings. The van der Waals surface area contributed by atoms with E-state index in [1.54, 1.807) is 7.11 Å². The lowest BCUT2D eigenvalue weighted by Gasteiger charge is -2.39. The summed E-state index contributed by atoms with van der Waals surface area (Å²) in [6.45, 7) is 4.97. The van der Waals surface area contributed by atoms with Crippen LogP contribution in [0.4, 0.5) is 8.78 Å². The number of amides is 1. The number of aromatic nitrogens is 1. The van der Waals surface area contributed by atoms with Crippen molar-refractivity contribution in [1.82, 2.24) is 15.2 Å². The number of carbonyl (C=O) groups is 1. The molecule has 1 N–H and O–H groups in total. The quantitative estimate of drug-likeness (QED) is 0.733. The summed E-state index contributed by atoms with van der Waals surface area (Å²) in [7, 11) is 1.60. The van der Waals surface area contributed by atoms with Crippen molar-refractivity contribution in [2.45, 2.75) is 38.1 Å². The minimum absolute atomic E-state index is 0.0250. The molecule has 9 heteroatoms. The maximum atomic E-state index is 13.3. The summed E-state index contributed by atoms with van der Waals surface area (Å²) < 4.78 is 43.7. The molecule has 32 heavy (non-hydrogen) atoms. The SMILES string of the molecule is COc1ncc(CN2CCO[C@]3(CO[C@@H](C(=O)NCc4cc(F)cc(F)c4)C3)C2)cc1C. The molecule has 2 saturated heterocycles.